The van der Waals surface area contributed by atoms with Gasteiger partial charge < -0.3 is 10.2 Å². The number of nitrogens with zero attached hydrogens (tertiary/aromatic N) is 1. The second-order valence-electron chi connectivity index (χ2n) is 6.98. The van der Waals surface area contributed by atoms with Gasteiger partial charge in [0.15, 0.2) is 0 Å². The van der Waals surface area contributed by atoms with Crippen LogP contribution in [0.1, 0.15) is 84.5 Å². The van der Waals surface area contributed by atoms with E-state index in [-0.39, 0.29) is 0 Å². The Bertz CT molecular complexity index is 203. The molecule has 0 saturated heterocycles. The van der Waals surface area contributed by atoms with Gasteiger partial charge in [-0.2, -0.15) is 0 Å². The molecule has 0 atom stereocenters. The molecule has 1 rings (SSSR count). The van der Waals surface area contributed by atoms with Crippen LogP contribution in [-0.4, -0.2) is 37.1 Å². The third-order valence-corrected chi connectivity index (χ3v) is 4.88. The molecule has 0 heterocycles. The van der Waals surface area contributed by atoms with Crippen molar-refractivity contribution in [3.63, 3.8) is 0 Å². The number of hydrogen-bond donors (Lipinski definition) is 1. The minimum Gasteiger partial charge on any atom is -0.313 e. The van der Waals surface area contributed by atoms with Gasteiger partial charge in [-0.3, -0.25) is 0 Å². The van der Waals surface area contributed by atoms with Crippen LogP contribution in [0.25, 0.3) is 0 Å². The van der Waals surface area contributed by atoms with E-state index in [9.17, 15) is 0 Å². The first-order chi connectivity index (χ1) is 9.70. The molecule has 120 valence electrons. The van der Waals surface area contributed by atoms with Crippen molar-refractivity contribution in [1.29, 1.82) is 0 Å². The summed E-state index contributed by atoms with van der Waals surface area (Å²) in [4.78, 5) is 2.43. The molecule has 0 spiro atoms. The smallest absolute Gasteiger partial charge is 0.0107 e. The summed E-state index contributed by atoms with van der Waals surface area (Å²) in [5.41, 5.74) is 0. The Balaban J connectivity index is 2.21. The van der Waals surface area contributed by atoms with E-state index in [1.165, 1.54) is 77.2 Å². The fourth-order valence-corrected chi connectivity index (χ4v) is 3.07. The van der Waals surface area contributed by atoms with Crippen LogP contribution in [-0.2, 0) is 0 Å². The average Bonchev–Trinajstić information content (AvgIpc) is 2.41. The first-order valence-corrected chi connectivity index (χ1v) is 9.14. The van der Waals surface area contributed by atoms with Crippen LogP contribution >= 0.6 is 0 Å². The number of likely N-dealkylation sites (N-methyl/N-ethyl adjacent to an activating group) is 1. The molecule has 1 aliphatic carbocycles. The highest BCUT2D eigenvalue weighted by atomic mass is 15.1. The van der Waals surface area contributed by atoms with E-state index in [1.54, 1.807) is 0 Å². The molecule has 0 aromatic heterocycles. The quantitative estimate of drug-likeness (QED) is 0.793. The van der Waals surface area contributed by atoms with Gasteiger partial charge in [0.1, 0.15) is 0 Å². The minimum absolute atomic E-state index is 0.660. The van der Waals surface area contributed by atoms with Crippen molar-refractivity contribution in [2.45, 2.75) is 96.6 Å². The Morgan fingerprint density at radius 3 is 1.75 bits per heavy atom. The molecule has 0 bridgehead atoms. The van der Waals surface area contributed by atoms with Crippen LogP contribution in [0.3, 0.4) is 0 Å². The van der Waals surface area contributed by atoms with Gasteiger partial charge in [0, 0.05) is 25.2 Å². The molecule has 1 N–H and O–H groups in total. The molecule has 0 aromatic rings. The van der Waals surface area contributed by atoms with E-state index in [0.717, 1.165) is 12.6 Å². The molecule has 0 aromatic carbocycles. The lowest BCUT2D eigenvalue weighted by molar-refractivity contribution is 0.264. The molecule has 0 radical (unpaired) electrons. The van der Waals surface area contributed by atoms with Gasteiger partial charge in [-0.15, -0.1) is 0 Å². The van der Waals surface area contributed by atoms with Gasteiger partial charge in [0.2, 0.25) is 0 Å². The van der Waals surface area contributed by atoms with Crippen LogP contribution in [0.4, 0.5) is 0 Å². The topological polar surface area (TPSA) is 15.3 Å². The zero-order chi connectivity index (χ0) is 14.6. The van der Waals surface area contributed by atoms with Crippen LogP contribution in [0.15, 0.2) is 0 Å². The summed E-state index contributed by atoms with van der Waals surface area (Å²) in [5.74, 6) is 0. The van der Waals surface area contributed by atoms with Crippen LogP contribution < -0.4 is 5.32 Å². The van der Waals surface area contributed by atoms with Crippen LogP contribution in [0, 0.1) is 0 Å². The number of hydrogen-bond acceptors (Lipinski definition) is 2. The van der Waals surface area contributed by atoms with Gasteiger partial charge in [-0.1, -0.05) is 57.8 Å². The third-order valence-electron chi connectivity index (χ3n) is 4.88. The highest BCUT2D eigenvalue weighted by molar-refractivity contribution is 4.69. The molecular formula is C18H38N2. The Hall–Kier alpha value is -0.0800. The fourth-order valence-electron chi connectivity index (χ4n) is 3.07. The van der Waals surface area contributed by atoms with E-state index < -0.39 is 0 Å². The minimum atomic E-state index is 0.660. The molecule has 0 unspecified atom stereocenters. The van der Waals surface area contributed by atoms with Gasteiger partial charge in [0.05, 0.1) is 0 Å². The molecule has 1 aliphatic rings. The third kappa shape index (κ3) is 8.97. The van der Waals surface area contributed by atoms with Crippen molar-refractivity contribution in [2.24, 2.45) is 0 Å². The predicted octanol–water partition coefficient (Wildman–Crippen LogP) is 4.59. The molecule has 20 heavy (non-hydrogen) atoms. The van der Waals surface area contributed by atoms with Crippen molar-refractivity contribution < 1.29 is 0 Å². The summed E-state index contributed by atoms with van der Waals surface area (Å²) in [6.07, 6.45) is 15.9. The largest absolute Gasteiger partial charge is 0.313 e. The lowest BCUT2D eigenvalue weighted by Crippen LogP contribution is -2.38. The first kappa shape index (κ1) is 18.0. The summed E-state index contributed by atoms with van der Waals surface area (Å²) in [6, 6.07) is 1.43. The van der Waals surface area contributed by atoms with E-state index in [2.05, 4.69) is 31.1 Å². The summed E-state index contributed by atoms with van der Waals surface area (Å²) >= 11 is 0. The Morgan fingerprint density at radius 2 is 1.30 bits per heavy atom. The van der Waals surface area contributed by atoms with Gasteiger partial charge in [0.25, 0.3) is 0 Å². The summed E-state index contributed by atoms with van der Waals surface area (Å²) in [6.45, 7) is 6.87. The van der Waals surface area contributed by atoms with Gasteiger partial charge >= 0.3 is 0 Å². The van der Waals surface area contributed by atoms with Crippen molar-refractivity contribution in [3.8, 4) is 0 Å². The summed E-state index contributed by atoms with van der Waals surface area (Å²) in [5, 5.41) is 3.82. The van der Waals surface area contributed by atoms with Crippen molar-refractivity contribution in [2.75, 3.05) is 20.1 Å². The monoisotopic (exact) mass is 282 g/mol. The SMILES string of the molecule is CC(C)N(C)CCNC1CCCCCCCCCCC1. The highest BCUT2D eigenvalue weighted by Crippen LogP contribution is 2.16. The second kappa shape index (κ2) is 11.6. The van der Waals surface area contributed by atoms with Crippen LogP contribution in [0.5, 0.6) is 0 Å². The second-order valence-corrected chi connectivity index (χ2v) is 6.98. The Labute approximate surface area is 127 Å². The van der Waals surface area contributed by atoms with E-state index >= 15 is 0 Å². The average molecular weight is 283 g/mol. The number of rotatable bonds is 5. The van der Waals surface area contributed by atoms with E-state index in [0.29, 0.717) is 6.04 Å². The Morgan fingerprint density at radius 1 is 0.850 bits per heavy atom. The molecule has 0 amide bonds. The van der Waals surface area contributed by atoms with Crippen molar-refractivity contribution in [1.82, 2.24) is 10.2 Å². The lowest BCUT2D eigenvalue weighted by Gasteiger charge is -2.24. The van der Waals surface area contributed by atoms with E-state index in [1.807, 2.05) is 0 Å². The molecular weight excluding hydrogens is 244 g/mol. The maximum atomic E-state index is 3.82. The molecule has 0 aliphatic heterocycles. The fraction of sp³-hybridized carbons (Fsp3) is 1.00. The standard InChI is InChI=1S/C18H38N2/c1-17(2)20(3)16-15-19-18-13-11-9-7-5-4-6-8-10-12-14-18/h17-19H,4-16H2,1-3H3. The van der Waals surface area contributed by atoms with Gasteiger partial charge in [-0.05, 0) is 33.7 Å². The zero-order valence-electron chi connectivity index (χ0n) is 14.3. The lowest BCUT2D eigenvalue weighted by atomic mass is 9.98. The summed E-state index contributed by atoms with van der Waals surface area (Å²) in [7, 11) is 2.23. The van der Waals surface area contributed by atoms with Crippen molar-refractivity contribution in [3.05, 3.63) is 0 Å². The molecule has 1 saturated carbocycles. The summed E-state index contributed by atoms with van der Waals surface area (Å²) < 4.78 is 0. The Kier molecular flexibility index (Phi) is 10.4. The van der Waals surface area contributed by atoms with E-state index in [4.69, 9.17) is 0 Å². The molecule has 2 heteroatoms. The molecule has 2 nitrogen and oxygen atoms in total. The predicted molar refractivity (Wildman–Crippen MR) is 90.3 cm³/mol. The molecule has 1 fully saturated rings. The van der Waals surface area contributed by atoms with Gasteiger partial charge in [-0.25, -0.2) is 0 Å². The first-order valence-electron chi connectivity index (χ1n) is 9.14. The normalized spacial score (nSPS) is 20.9. The zero-order valence-corrected chi connectivity index (χ0v) is 14.3. The highest BCUT2D eigenvalue weighted by Gasteiger charge is 2.09. The maximum Gasteiger partial charge on any atom is 0.0107 e. The van der Waals surface area contributed by atoms with Crippen molar-refractivity contribution >= 4 is 0 Å². The number of nitrogens with one attached hydrogen (secondary N) is 1. The maximum absolute atomic E-state index is 3.82. The van der Waals surface area contributed by atoms with Crippen LogP contribution in [0.2, 0.25) is 0 Å².